The maximum atomic E-state index is 12.3. The third-order valence-electron chi connectivity index (χ3n) is 4.10. The zero-order valence-corrected chi connectivity index (χ0v) is 17.0. The molecule has 12 nitrogen and oxygen atoms in total. The van der Waals surface area contributed by atoms with E-state index in [9.17, 15) is 14.7 Å². The first-order valence-corrected chi connectivity index (χ1v) is 9.56. The second kappa shape index (κ2) is 12.3. The first-order chi connectivity index (χ1) is 13.6. The molecule has 0 bridgehead atoms. The number of carbonyl (C=O) groups is 2. The quantitative estimate of drug-likeness (QED) is 0.204. The van der Waals surface area contributed by atoms with Gasteiger partial charge in [-0.15, -0.1) is 0 Å². The number of aliphatic hydroxyl groups excluding tert-OH is 2. The Morgan fingerprint density at radius 2 is 1.90 bits per heavy atom. The fourth-order valence-corrected chi connectivity index (χ4v) is 2.47. The number of aliphatic carboxylic acids is 1. The lowest BCUT2D eigenvalue weighted by Gasteiger charge is -2.20. The summed E-state index contributed by atoms with van der Waals surface area (Å²) in [5.74, 6) is -1.16. The van der Waals surface area contributed by atoms with E-state index in [0.29, 0.717) is 18.9 Å². The summed E-state index contributed by atoms with van der Waals surface area (Å²) >= 11 is 0. The fourth-order valence-electron chi connectivity index (χ4n) is 2.47. The standard InChI is InChI=1S/C17H32N6O6/c1-9(2)19-7-5-4-6-12(15-22-14(23-29-15)11(18)8-24)20-17(28)21-13(10(3)25)16(26)27/h9-13,19,24-25H,4-8,18H2,1-3H3,(H,26,27)(H2,20,21,28)/t10?,11-,12-,13?/m0/s1. The maximum Gasteiger partial charge on any atom is 0.328 e. The highest BCUT2D eigenvalue weighted by molar-refractivity contribution is 5.83. The van der Waals surface area contributed by atoms with Crippen LogP contribution in [0.25, 0.3) is 0 Å². The second-order valence-electron chi connectivity index (χ2n) is 7.11. The number of nitrogens with two attached hydrogens (primary N) is 1. The zero-order valence-electron chi connectivity index (χ0n) is 17.0. The first kappa shape index (κ1) is 24.8. The van der Waals surface area contributed by atoms with Gasteiger partial charge >= 0.3 is 12.0 Å². The normalized spacial score (nSPS) is 15.6. The molecule has 1 aromatic heterocycles. The van der Waals surface area contributed by atoms with E-state index < -0.39 is 36.2 Å². The van der Waals surface area contributed by atoms with Crippen LogP contribution in [-0.4, -0.2) is 68.8 Å². The smallest absolute Gasteiger partial charge is 0.328 e. The number of nitrogens with one attached hydrogen (secondary N) is 3. The number of urea groups is 1. The Hall–Kier alpha value is -2.28. The minimum atomic E-state index is -1.47. The van der Waals surface area contributed by atoms with Crippen LogP contribution in [0.2, 0.25) is 0 Å². The van der Waals surface area contributed by atoms with Crippen molar-refractivity contribution in [3.63, 3.8) is 0 Å². The van der Waals surface area contributed by atoms with E-state index in [-0.39, 0.29) is 18.3 Å². The minimum absolute atomic E-state index is 0.0970. The average Bonchev–Trinajstić information content (AvgIpc) is 3.13. The molecule has 166 valence electrons. The van der Waals surface area contributed by atoms with Crippen molar-refractivity contribution in [2.45, 2.75) is 70.3 Å². The van der Waals surface area contributed by atoms with Crippen molar-refractivity contribution < 1.29 is 29.4 Å². The van der Waals surface area contributed by atoms with Crippen LogP contribution in [0.4, 0.5) is 4.79 Å². The molecule has 0 aliphatic heterocycles. The Morgan fingerprint density at radius 3 is 2.45 bits per heavy atom. The summed E-state index contributed by atoms with van der Waals surface area (Å²) in [5, 5.41) is 39.5. The van der Waals surface area contributed by atoms with E-state index in [1.165, 1.54) is 6.92 Å². The molecule has 8 N–H and O–H groups in total. The highest BCUT2D eigenvalue weighted by Crippen LogP contribution is 2.19. The van der Waals surface area contributed by atoms with Crippen molar-refractivity contribution in [2.24, 2.45) is 5.73 Å². The van der Waals surface area contributed by atoms with Gasteiger partial charge in [0, 0.05) is 6.04 Å². The van der Waals surface area contributed by atoms with Gasteiger partial charge in [-0.05, 0) is 32.7 Å². The molecule has 0 aromatic carbocycles. The van der Waals surface area contributed by atoms with Gasteiger partial charge < -0.3 is 41.5 Å². The highest BCUT2D eigenvalue weighted by atomic mass is 16.5. The molecular formula is C17H32N6O6. The van der Waals surface area contributed by atoms with Crippen LogP contribution in [0.15, 0.2) is 4.52 Å². The molecule has 29 heavy (non-hydrogen) atoms. The van der Waals surface area contributed by atoms with Crippen LogP contribution < -0.4 is 21.7 Å². The maximum absolute atomic E-state index is 12.3. The summed E-state index contributed by atoms with van der Waals surface area (Å²) in [5.41, 5.74) is 5.67. The number of carbonyl (C=O) groups excluding carboxylic acids is 1. The van der Waals surface area contributed by atoms with Gasteiger partial charge in [-0.25, -0.2) is 9.59 Å². The summed E-state index contributed by atoms with van der Waals surface area (Å²) in [4.78, 5) is 27.5. The number of hydrogen-bond donors (Lipinski definition) is 7. The Bertz CT molecular complexity index is 638. The molecule has 1 heterocycles. The molecule has 0 aliphatic rings. The van der Waals surface area contributed by atoms with Gasteiger partial charge in [0.05, 0.1) is 18.8 Å². The second-order valence-corrected chi connectivity index (χ2v) is 7.11. The lowest BCUT2D eigenvalue weighted by Crippen LogP contribution is -2.51. The van der Waals surface area contributed by atoms with Gasteiger partial charge in [-0.2, -0.15) is 4.98 Å². The van der Waals surface area contributed by atoms with Crippen molar-refractivity contribution in [3.05, 3.63) is 11.7 Å². The molecule has 12 heteroatoms. The van der Waals surface area contributed by atoms with Crippen molar-refractivity contribution in [1.82, 2.24) is 26.1 Å². The van der Waals surface area contributed by atoms with Crippen molar-refractivity contribution in [2.75, 3.05) is 13.2 Å². The average molecular weight is 416 g/mol. The van der Waals surface area contributed by atoms with Gasteiger partial charge in [0.25, 0.3) is 0 Å². The highest BCUT2D eigenvalue weighted by Gasteiger charge is 2.28. The number of aliphatic hydroxyl groups is 2. The summed E-state index contributed by atoms with van der Waals surface area (Å²) < 4.78 is 5.17. The summed E-state index contributed by atoms with van der Waals surface area (Å²) in [6.07, 6.45) is 0.722. The minimum Gasteiger partial charge on any atom is -0.480 e. The number of carboxylic acid groups (broad SMARTS) is 1. The van der Waals surface area contributed by atoms with E-state index in [1.54, 1.807) is 0 Å². The fraction of sp³-hybridized carbons (Fsp3) is 0.765. The van der Waals surface area contributed by atoms with Gasteiger partial charge in [-0.1, -0.05) is 19.0 Å². The molecule has 4 atom stereocenters. The largest absolute Gasteiger partial charge is 0.480 e. The third kappa shape index (κ3) is 8.73. The summed E-state index contributed by atoms with van der Waals surface area (Å²) in [6.45, 7) is 5.77. The lowest BCUT2D eigenvalue weighted by molar-refractivity contribution is -0.141. The molecular weight excluding hydrogens is 384 g/mol. The molecule has 0 radical (unpaired) electrons. The predicted octanol–water partition coefficient (Wildman–Crippen LogP) is -0.596. The van der Waals surface area contributed by atoms with E-state index in [0.717, 1.165) is 13.0 Å². The van der Waals surface area contributed by atoms with Crippen molar-refractivity contribution in [3.8, 4) is 0 Å². The van der Waals surface area contributed by atoms with E-state index in [2.05, 4.69) is 26.1 Å². The molecule has 0 saturated heterocycles. The molecule has 0 saturated carbocycles. The van der Waals surface area contributed by atoms with Crippen LogP contribution in [0.3, 0.4) is 0 Å². The number of hydrogen-bond acceptors (Lipinski definition) is 9. The Balaban J connectivity index is 2.79. The number of amides is 2. The Morgan fingerprint density at radius 1 is 1.21 bits per heavy atom. The number of aromatic nitrogens is 2. The van der Waals surface area contributed by atoms with E-state index >= 15 is 0 Å². The molecule has 2 amide bonds. The van der Waals surface area contributed by atoms with Crippen LogP contribution >= 0.6 is 0 Å². The number of unbranched alkanes of at least 4 members (excludes halogenated alkanes) is 1. The van der Waals surface area contributed by atoms with Gasteiger partial charge in [-0.3, -0.25) is 0 Å². The molecule has 0 spiro atoms. The van der Waals surface area contributed by atoms with Gasteiger partial charge in [0.15, 0.2) is 11.9 Å². The van der Waals surface area contributed by atoms with Crippen LogP contribution in [0, 0.1) is 0 Å². The zero-order chi connectivity index (χ0) is 22.0. The molecule has 1 rings (SSSR count). The first-order valence-electron chi connectivity index (χ1n) is 9.56. The van der Waals surface area contributed by atoms with Gasteiger partial charge in [0.1, 0.15) is 6.04 Å². The molecule has 0 fully saturated rings. The van der Waals surface area contributed by atoms with Crippen molar-refractivity contribution in [1.29, 1.82) is 0 Å². The number of nitrogens with zero attached hydrogens (tertiary/aromatic N) is 2. The molecule has 0 aliphatic carbocycles. The monoisotopic (exact) mass is 416 g/mol. The van der Waals surface area contributed by atoms with Crippen LogP contribution in [-0.2, 0) is 4.79 Å². The Labute approximate surface area is 169 Å². The topological polar surface area (TPSA) is 196 Å². The summed E-state index contributed by atoms with van der Waals surface area (Å²) in [7, 11) is 0. The van der Waals surface area contributed by atoms with E-state index in [1.807, 2.05) is 13.8 Å². The SMILES string of the molecule is CC(C)NCCCC[C@H](NC(=O)NC(C(=O)O)C(C)O)c1nc([C@@H](N)CO)no1. The van der Waals surface area contributed by atoms with E-state index in [4.69, 9.17) is 20.5 Å². The number of rotatable bonds is 13. The molecule has 1 aromatic rings. The lowest BCUT2D eigenvalue weighted by atomic mass is 10.1. The Kier molecular flexibility index (Phi) is 10.5. The summed E-state index contributed by atoms with van der Waals surface area (Å²) in [6, 6.07) is -3.41. The van der Waals surface area contributed by atoms with Gasteiger partial charge in [0.2, 0.25) is 5.89 Å². The van der Waals surface area contributed by atoms with Crippen molar-refractivity contribution >= 4 is 12.0 Å². The third-order valence-corrected chi connectivity index (χ3v) is 4.10. The molecule has 2 unspecified atom stereocenters. The number of carboxylic acids is 1. The predicted molar refractivity (Wildman–Crippen MR) is 103 cm³/mol. The van der Waals surface area contributed by atoms with Crippen LogP contribution in [0.1, 0.15) is 63.8 Å². The van der Waals surface area contributed by atoms with Crippen LogP contribution in [0.5, 0.6) is 0 Å².